The predicted octanol–water partition coefficient (Wildman–Crippen LogP) is 3.84. The third-order valence-electron chi connectivity index (χ3n) is 2.83. The van der Waals surface area contributed by atoms with Crippen molar-refractivity contribution in [3.05, 3.63) is 76.4 Å². The Hall–Kier alpha value is -2.26. The molecule has 1 aromatic heterocycles. The second-order valence-electron chi connectivity index (χ2n) is 4.10. The zero-order valence-corrected chi connectivity index (χ0v) is 10.9. The van der Waals surface area contributed by atoms with E-state index in [-0.39, 0.29) is 4.74 Å². The Morgan fingerprint density at radius 3 is 1.95 bits per heavy atom. The molecule has 0 atom stereocenters. The lowest BCUT2D eigenvalue weighted by atomic mass is 10.1. The summed E-state index contributed by atoms with van der Waals surface area (Å²) < 4.78 is 0.0417. The Labute approximate surface area is 115 Å². The molecule has 1 heterocycles. The van der Waals surface area contributed by atoms with Crippen LogP contribution in [0.1, 0.15) is 0 Å². The van der Waals surface area contributed by atoms with Crippen LogP contribution >= 0.6 is 11.3 Å². The van der Waals surface area contributed by atoms with E-state index in [1.54, 1.807) is 6.20 Å². The molecule has 92 valence electrons. The highest BCUT2D eigenvalue weighted by Crippen LogP contribution is 2.21. The Balaban J connectivity index is 2.07. The van der Waals surface area contributed by atoms with E-state index in [1.807, 2.05) is 60.7 Å². The number of rotatable bonds is 2. The number of hydrogen-bond donors (Lipinski definition) is 0. The normalized spacial score (nSPS) is 10.3. The maximum Gasteiger partial charge on any atom is 0.243 e. The van der Waals surface area contributed by atoms with Gasteiger partial charge in [0.1, 0.15) is 5.01 Å². The van der Waals surface area contributed by atoms with Crippen molar-refractivity contribution in [1.82, 2.24) is 4.98 Å². The van der Waals surface area contributed by atoms with Gasteiger partial charge in [0.05, 0.1) is 5.56 Å². The Morgan fingerprint density at radius 1 is 0.789 bits per heavy atom. The van der Waals surface area contributed by atoms with Crippen LogP contribution < -0.4 is 4.74 Å². The summed E-state index contributed by atoms with van der Waals surface area (Å²) >= 11 is 1.19. The van der Waals surface area contributed by atoms with Crippen LogP contribution in [0.15, 0.2) is 71.7 Å². The molecule has 3 aromatic rings. The van der Waals surface area contributed by atoms with Crippen LogP contribution in [0.4, 0.5) is 0 Å². The first-order valence-electron chi connectivity index (χ1n) is 5.95. The summed E-state index contributed by atoms with van der Waals surface area (Å²) in [6.07, 6.45) is 1.66. The summed E-state index contributed by atoms with van der Waals surface area (Å²) in [4.78, 5) is 16.6. The van der Waals surface area contributed by atoms with Gasteiger partial charge in [-0.2, -0.15) is 0 Å². The molecule has 0 aliphatic carbocycles. The van der Waals surface area contributed by atoms with Gasteiger partial charge in [0.2, 0.25) is 4.74 Å². The van der Waals surface area contributed by atoms with Crippen LogP contribution in [0.3, 0.4) is 0 Å². The second-order valence-corrected chi connectivity index (χ2v) is 5.06. The van der Waals surface area contributed by atoms with Crippen LogP contribution in [0.2, 0.25) is 0 Å². The molecule has 0 spiro atoms. The molecule has 0 unspecified atom stereocenters. The zero-order chi connectivity index (χ0) is 13.1. The molecule has 0 aliphatic rings. The zero-order valence-electron chi connectivity index (χ0n) is 10.1. The van der Waals surface area contributed by atoms with Crippen LogP contribution in [0.25, 0.3) is 21.7 Å². The van der Waals surface area contributed by atoms with Gasteiger partial charge in [0.25, 0.3) is 0 Å². The first-order valence-corrected chi connectivity index (χ1v) is 6.77. The molecule has 3 rings (SSSR count). The topological polar surface area (TPSA) is 30.0 Å². The minimum Gasteiger partial charge on any atom is -0.277 e. The van der Waals surface area contributed by atoms with Gasteiger partial charge < -0.3 is 0 Å². The predicted molar refractivity (Wildman–Crippen MR) is 79.3 cm³/mol. The van der Waals surface area contributed by atoms with Crippen molar-refractivity contribution < 1.29 is 0 Å². The largest absolute Gasteiger partial charge is 0.277 e. The molecule has 2 aromatic carbocycles. The third-order valence-corrected chi connectivity index (χ3v) is 3.77. The monoisotopic (exact) mass is 265 g/mol. The quantitative estimate of drug-likeness (QED) is 0.704. The van der Waals surface area contributed by atoms with Crippen molar-refractivity contribution >= 4 is 11.3 Å². The molecule has 0 amide bonds. The van der Waals surface area contributed by atoms with E-state index in [1.165, 1.54) is 11.3 Å². The third kappa shape index (κ3) is 2.46. The summed E-state index contributed by atoms with van der Waals surface area (Å²) in [5.41, 5.74) is 2.55. The van der Waals surface area contributed by atoms with Crippen molar-refractivity contribution in [3.63, 3.8) is 0 Å². The Kier molecular flexibility index (Phi) is 3.21. The molecule has 0 radical (unpaired) electrons. The highest BCUT2D eigenvalue weighted by atomic mass is 32.1. The molecule has 0 N–H and O–H groups in total. The van der Waals surface area contributed by atoms with Crippen LogP contribution in [-0.4, -0.2) is 4.98 Å². The molecule has 0 bridgehead atoms. The number of nitrogens with zero attached hydrogens (tertiary/aromatic N) is 1. The van der Waals surface area contributed by atoms with Gasteiger partial charge in [0.15, 0.2) is 0 Å². The van der Waals surface area contributed by atoms with Crippen LogP contribution in [0.5, 0.6) is 0 Å². The minimum absolute atomic E-state index is 0.0417. The fraction of sp³-hybridized carbons (Fsp3) is 0. The maximum atomic E-state index is 12.2. The molecule has 0 fully saturated rings. The number of benzene rings is 2. The lowest BCUT2D eigenvalue weighted by Gasteiger charge is -2.02. The first-order chi connectivity index (χ1) is 9.34. The van der Waals surface area contributed by atoms with Gasteiger partial charge >= 0.3 is 0 Å². The molecular weight excluding hydrogens is 254 g/mol. The molecular formula is C16H11NOS. The smallest absolute Gasteiger partial charge is 0.243 e. The van der Waals surface area contributed by atoms with E-state index in [0.717, 1.165) is 16.1 Å². The fourth-order valence-electron chi connectivity index (χ4n) is 1.87. The lowest BCUT2D eigenvalue weighted by molar-refractivity contribution is 1.37. The van der Waals surface area contributed by atoms with E-state index in [2.05, 4.69) is 4.98 Å². The first kappa shape index (κ1) is 11.8. The molecule has 3 heteroatoms. The van der Waals surface area contributed by atoms with Gasteiger partial charge in [-0.1, -0.05) is 72.0 Å². The Morgan fingerprint density at radius 2 is 1.37 bits per heavy atom. The highest BCUT2D eigenvalue weighted by Gasteiger charge is 2.06. The summed E-state index contributed by atoms with van der Waals surface area (Å²) in [5, 5.41) is 0.755. The molecule has 0 saturated carbocycles. The molecule has 19 heavy (non-hydrogen) atoms. The summed E-state index contributed by atoms with van der Waals surface area (Å²) in [7, 11) is 0. The summed E-state index contributed by atoms with van der Waals surface area (Å²) in [6.45, 7) is 0. The summed E-state index contributed by atoms with van der Waals surface area (Å²) in [5.74, 6) is 0. The van der Waals surface area contributed by atoms with Gasteiger partial charge in [-0.3, -0.25) is 4.79 Å². The van der Waals surface area contributed by atoms with E-state index in [0.29, 0.717) is 5.56 Å². The fourth-order valence-corrected chi connectivity index (χ4v) is 2.68. The van der Waals surface area contributed by atoms with Gasteiger partial charge in [0, 0.05) is 11.8 Å². The van der Waals surface area contributed by atoms with Gasteiger partial charge in [-0.05, 0) is 5.56 Å². The number of hydrogen-bond acceptors (Lipinski definition) is 3. The Bertz CT molecular complexity index is 735. The maximum absolute atomic E-state index is 12.2. The van der Waals surface area contributed by atoms with E-state index < -0.39 is 0 Å². The minimum atomic E-state index is 0.0417. The average Bonchev–Trinajstić information content (AvgIpc) is 2.49. The van der Waals surface area contributed by atoms with Crippen molar-refractivity contribution in [1.29, 1.82) is 0 Å². The molecule has 0 aliphatic heterocycles. The van der Waals surface area contributed by atoms with E-state index >= 15 is 0 Å². The van der Waals surface area contributed by atoms with Crippen molar-refractivity contribution in [2.75, 3.05) is 0 Å². The molecule has 0 saturated heterocycles. The van der Waals surface area contributed by atoms with Crippen molar-refractivity contribution in [2.45, 2.75) is 0 Å². The van der Waals surface area contributed by atoms with Crippen LogP contribution in [-0.2, 0) is 0 Å². The second kappa shape index (κ2) is 5.16. The van der Waals surface area contributed by atoms with Crippen molar-refractivity contribution in [2.24, 2.45) is 0 Å². The van der Waals surface area contributed by atoms with E-state index in [4.69, 9.17) is 0 Å². The van der Waals surface area contributed by atoms with Crippen molar-refractivity contribution in [3.8, 4) is 21.7 Å². The van der Waals surface area contributed by atoms with Gasteiger partial charge in [-0.25, -0.2) is 4.98 Å². The summed E-state index contributed by atoms with van der Waals surface area (Å²) in [6, 6.07) is 19.4. The SMILES string of the molecule is O=c1sc(-c2ccccc2)ncc1-c1ccccc1. The van der Waals surface area contributed by atoms with Gasteiger partial charge in [-0.15, -0.1) is 0 Å². The average molecular weight is 265 g/mol. The highest BCUT2D eigenvalue weighted by molar-refractivity contribution is 7.12. The molecule has 2 nitrogen and oxygen atoms in total. The van der Waals surface area contributed by atoms with E-state index in [9.17, 15) is 4.79 Å². The number of aromatic nitrogens is 1. The van der Waals surface area contributed by atoms with Crippen LogP contribution in [0, 0.1) is 0 Å². The standard InChI is InChI=1S/C16H11NOS/c18-16-14(12-7-3-1-4-8-12)11-17-15(19-16)13-9-5-2-6-10-13/h1-11H. The lowest BCUT2D eigenvalue weighted by Crippen LogP contribution is -2.00.